The molecule has 2 nitrogen and oxygen atoms in total. The number of benzene rings is 1. The minimum Gasteiger partial charge on any atom is -0.314 e. The van der Waals surface area contributed by atoms with Crippen LogP contribution in [0, 0.1) is 17.6 Å². The molecular formula is C16H24F2N2. The second-order valence-electron chi connectivity index (χ2n) is 5.67. The minimum absolute atomic E-state index is 0.173. The lowest BCUT2D eigenvalue weighted by Gasteiger charge is -2.38. The molecule has 112 valence electrons. The van der Waals surface area contributed by atoms with Gasteiger partial charge < -0.3 is 5.32 Å². The van der Waals surface area contributed by atoms with Gasteiger partial charge in [0.05, 0.1) is 0 Å². The van der Waals surface area contributed by atoms with Crippen molar-refractivity contribution in [2.24, 2.45) is 5.92 Å². The van der Waals surface area contributed by atoms with Crippen LogP contribution in [-0.2, 0) is 0 Å². The van der Waals surface area contributed by atoms with Gasteiger partial charge in [0.1, 0.15) is 0 Å². The standard InChI is InChI=1S/C16H24F2N2/c1-3-4-12(2)16(20-9-7-19-8-10-20)13-5-6-14(17)15(18)11-13/h5-6,11-12,16,19H,3-4,7-10H2,1-2H3/t12?,16-/m0/s1. The van der Waals surface area contributed by atoms with Crippen molar-refractivity contribution in [2.75, 3.05) is 26.2 Å². The zero-order valence-electron chi connectivity index (χ0n) is 12.3. The van der Waals surface area contributed by atoms with Gasteiger partial charge in [-0.3, -0.25) is 4.90 Å². The lowest BCUT2D eigenvalue weighted by molar-refractivity contribution is 0.125. The Balaban J connectivity index is 2.26. The smallest absolute Gasteiger partial charge is 0.159 e. The van der Waals surface area contributed by atoms with Crippen LogP contribution in [0.1, 0.15) is 38.3 Å². The normalized spacial score (nSPS) is 19.8. The maximum absolute atomic E-state index is 13.6. The summed E-state index contributed by atoms with van der Waals surface area (Å²) in [7, 11) is 0. The molecule has 1 aromatic carbocycles. The van der Waals surface area contributed by atoms with E-state index in [4.69, 9.17) is 0 Å². The lowest BCUT2D eigenvalue weighted by atomic mass is 9.89. The third kappa shape index (κ3) is 3.55. The molecule has 1 heterocycles. The van der Waals surface area contributed by atoms with Crippen LogP contribution >= 0.6 is 0 Å². The molecule has 0 aliphatic carbocycles. The van der Waals surface area contributed by atoms with Gasteiger partial charge in [0, 0.05) is 32.2 Å². The number of hydrogen-bond acceptors (Lipinski definition) is 2. The predicted octanol–water partition coefficient (Wildman–Crippen LogP) is 3.35. The molecule has 1 N–H and O–H groups in total. The maximum Gasteiger partial charge on any atom is 0.159 e. The molecule has 0 spiro atoms. The number of nitrogens with zero attached hydrogens (tertiary/aromatic N) is 1. The summed E-state index contributed by atoms with van der Waals surface area (Å²) in [5.74, 6) is -1.08. The van der Waals surface area contributed by atoms with Crippen LogP contribution in [0.2, 0.25) is 0 Å². The molecule has 0 aromatic heterocycles. The zero-order chi connectivity index (χ0) is 14.5. The van der Waals surface area contributed by atoms with E-state index in [0.29, 0.717) is 5.92 Å². The number of halogens is 2. The van der Waals surface area contributed by atoms with Crippen molar-refractivity contribution in [2.45, 2.75) is 32.7 Å². The highest BCUT2D eigenvalue weighted by Crippen LogP contribution is 2.32. The van der Waals surface area contributed by atoms with Gasteiger partial charge in [0.25, 0.3) is 0 Å². The molecular weight excluding hydrogens is 258 g/mol. The van der Waals surface area contributed by atoms with E-state index in [1.54, 1.807) is 6.07 Å². The highest BCUT2D eigenvalue weighted by molar-refractivity contribution is 5.22. The molecule has 1 aromatic rings. The van der Waals surface area contributed by atoms with E-state index in [1.807, 2.05) is 0 Å². The summed E-state index contributed by atoms with van der Waals surface area (Å²) in [6, 6.07) is 4.52. The van der Waals surface area contributed by atoms with E-state index in [-0.39, 0.29) is 6.04 Å². The number of piperazine rings is 1. The SMILES string of the molecule is CCCC(C)[C@@H](c1ccc(F)c(F)c1)N1CCNCC1. The van der Waals surface area contributed by atoms with E-state index in [2.05, 4.69) is 24.1 Å². The Labute approximate surface area is 120 Å². The summed E-state index contributed by atoms with van der Waals surface area (Å²) in [5.41, 5.74) is 0.895. The summed E-state index contributed by atoms with van der Waals surface area (Å²) >= 11 is 0. The third-order valence-corrected chi connectivity index (χ3v) is 4.11. The fourth-order valence-electron chi connectivity index (χ4n) is 3.17. The number of hydrogen-bond donors (Lipinski definition) is 1. The van der Waals surface area contributed by atoms with Gasteiger partial charge in [-0.05, 0) is 30.0 Å². The Morgan fingerprint density at radius 3 is 2.50 bits per heavy atom. The Bertz CT molecular complexity index is 430. The molecule has 4 heteroatoms. The first-order valence-electron chi connectivity index (χ1n) is 7.53. The van der Waals surface area contributed by atoms with Crippen molar-refractivity contribution in [3.05, 3.63) is 35.4 Å². The van der Waals surface area contributed by atoms with Crippen LogP contribution in [-0.4, -0.2) is 31.1 Å². The largest absolute Gasteiger partial charge is 0.314 e. The first-order valence-corrected chi connectivity index (χ1v) is 7.53. The molecule has 1 saturated heterocycles. The van der Waals surface area contributed by atoms with Gasteiger partial charge in [-0.2, -0.15) is 0 Å². The summed E-state index contributed by atoms with van der Waals surface area (Å²) in [5, 5.41) is 3.34. The monoisotopic (exact) mass is 282 g/mol. The van der Waals surface area contributed by atoms with E-state index in [9.17, 15) is 8.78 Å². The lowest BCUT2D eigenvalue weighted by Crippen LogP contribution is -2.46. The van der Waals surface area contributed by atoms with Gasteiger partial charge in [-0.15, -0.1) is 0 Å². The summed E-state index contributed by atoms with van der Waals surface area (Å²) in [6.45, 7) is 8.20. The topological polar surface area (TPSA) is 15.3 Å². The van der Waals surface area contributed by atoms with Gasteiger partial charge in [0.15, 0.2) is 11.6 Å². The van der Waals surface area contributed by atoms with E-state index in [0.717, 1.165) is 44.6 Å². The molecule has 2 atom stereocenters. The second kappa shape index (κ2) is 7.14. The summed E-state index contributed by atoms with van der Waals surface area (Å²) in [6.07, 6.45) is 2.20. The van der Waals surface area contributed by atoms with Crippen molar-refractivity contribution in [3.8, 4) is 0 Å². The number of rotatable bonds is 5. The maximum atomic E-state index is 13.6. The van der Waals surface area contributed by atoms with Crippen LogP contribution in [0.3, 0.4) is 0 Å². The van der Waals surface area contributed by atoms with Crippen LogP contribution in [0.4, 0.5) is 8.78 Å². The average molecular weight is 282 g/mol. The average Bonchev–Trinajstić information content (AvgIpc) is 2.44. The molecule has 1 aliphatic rings. The molecule has 0 bridgehead atoms. The molecule has 2 rings (SSSR count). The number of nitrogens with one attached hydrogen (secondary N) is 1. The third-order valence-electron chi connectivity index (χ3n) is 4.11. The van der Waals surface area contributed by atoms with Gasteiger partial charge >= 0.3 is 0 Å². The minimum atomic E-state index is -0.768. The van der Waals surface area contributed by atoms with E-state index >= 15 is 0 Å². The summed E-state index contributed by atoms with van der Waals surface area (Å²) in [4.78, 5) is 2.39. The van der Waals surface area contributed by atoms with Crippen LogP contribution in [0.25, 0.3) is 0 Å². The van der Waals surface area contributed by atoms with Gasteiger partial charge in [-0.25, -0.2) is 8.78 Å². The highest BCUT2D eigenvalue weighted by Gasteiger charge is 2.27. The van der Waals surface area contributed by atoms with Crippen molar-refractivity contribution in [3.63, 3.8) is 0 Å². The highest BCUT2D eigenvalue weighted by atomic mass is 19.2. The van der Waals surface area contributed by atoms with Crippen LogP contribution in [0.15, 0.2) is 18.2 Å². The summed E-state index contributed by atoms with van der Waals surface area (Å²) < 4.78 is 26.7. The zero-order valence-corrected chi connectivity index (χ0v) is 12.3. The van der Waals surface area contributed by atoms with Crippen molar-refractivity contribution in [1.82, 2.24) is 10.2 Å². The Morgan fingerprint density at radius 2 is 1.90 bits per heavy atom. The van der Waals surface area contributed by atoms with Crippen molar-refractivity contribution >= 4 is 0 Å². The Morgan fingerprint density at radius 1 is 1.20 bits per heavy atom. The van der Waals surface area contributed by atoms with Crippen LogP contribution in [0.5, 0.6) is 0 Å². The molecule has 20 heavy (non-hydrogen) atoms. The first-order chi connectivity index (χ1) is 9.63. The molecule has 0 saturated carbocycles. The Hall–Kier alpha value is -1.00. The molecule has 1 unspecified atom stereocenters. The van der Waals surface area contributed by atoms with E-state index < -0.39 is 11.6 Å². The van der Waals surface area contributed by atoms with Gasteiger partial charge in [-0.1, -0.05) is 26.3 Å². The first kappa shape index (κ1) is 15.4. The Kier molecular flexibility index (Phi) is 5.49. The van der Waals surface area contributed by atoms with Crippen LogP contribution < -0.4 is 5.32 Å². The van der Waals surface area contributed by atoms with Crippen molar-refractivity contribution < 1.29 is 8.78 Å². The fraction of sp³-hybridized carbons (Fsp3) is 0.625. The van der Waals surface area contributed by atoms with E-state index in [1.165, 1.54) is 12.1 Å². The quantitative estimate of drug-likeness (QED) is 0.891. The second-order valence-corrected chi connectivity index (χ2v) is 5.67. The molecule has 0 radical (unpaired) electrons. The molecule has 0 amide bonds. The van der Waals surface area contributed by atoms with Crippen molar-refractivity contribution in [1.29, 1.82) is 0 Å². The molecule has 1 aliphatic heterocycles. The molecule has 1 fully saturated rings. The predicted molar refractivity (Wildman–Crippen MR) is 77.6 cm³/mol. The fourth-order valence-corrected chi connectivity index (χ4v) is 3.17. The van der Waals surface area contributed by atoms with Gasteiger partial charge in [0.2, 0.25) is 0 Å².